The summed E-state index contributed by atoms with van der Waals surface area (Å²) in [6, 6.07) is 7.58. The lowest BCUT2D eigenvalue weighted by molar-refractivity contribution is 0.0705. The number of hydrogen-bond donors (Lipinski definition) is 1. The molecule has 0 aliphatic carbocycles. The van der Waals surface area contributed by atoms with Gasteiger partial charge in [0.25, 0.3) is 11.8 Å². The first kappa shape index (κ1) is 19.0. The summed E-state index contributed by atoms with van der Waals surface area (Å²) in [5.41, 5.74) is 8.49. The van der Waals surface area contributed by atoms with Crippen molar-refractivity contribution < 1.29 is 14.0 Å². The lowest BCUT2D eigenvalue weighted by Gasteiger charge is -2.33. The quantitative estimate of drug-likeness (QED) is 0.741. The summed E-state index contributed by atoms with van der Waals surface area (Å²) in [6.07, 6.45) is 4.86. The second-order valence-corrected chi connectivity index (χ2v) is 7.40. The van der Waals surface area contributed by atoms with Crippen LogP contribution in [0, 0.1) is 12.7 Å². The first-order valence-corrected chi connectivity index (χ1v) is 9.54. The van der Waals surface area contributed by atoms with E-state index < -0.39 is 11.7 Å². The molecule has 2 aromatic heterocycles. The van der Waals surface area contributed by atoms with Crippen LogP contribution in [0.5, 0.6) is 0 Å². The highest BCUT2D eigenvalue weighted by Crippen LogP contribution is 2.31. The molecule has 2 amide bonds. The lowest BCUT2D eigenvalue weighted by Crippen LogP contribution is -2.40. The van der Waals surface area contributed by atoms with Crippen molar-refractivity contribution in [3.8, 4) is 0 Å². The first-order valence-electron chi connectivity index (χ1n) is 9.54. The molecule has 0 radical (unpaired) electrons. The average Bonchev–Trinajstić information content (AvgIpc) is 2.72. The van der Waals surface area contributed by atoms with Gasteiger partial charge in [-0.15, -0.1) is 0 Å². The van der Waals surface area contributed by atoms with Crippen LogP contribution in [-0.2, 0) is 0 Å². The summed E-state index contributed by atoms with van der Waals surface area (Å²) >= 11 is 0. The van der Waals surface area contributed by atoms with Crippen LogP contribution in [-0.4, -0.2) is 39.8 Å². The maximum absolute atomic E-state index is 13.6. The van der Waals surface area contributed by atoms with Crippen LogP contribution in [0.25, 0.3) is 10.9 Å². The molecule has 148 valence electrons. The molecule has 29 heavy (non-hydrogen) atoms. The lowest BCUT2D eigenvalue weighted by atomic mass is 9.90. The maximum Gasteiger partial charge on any atom is 0.254 e. The molecule has 1 aliphatic heterocycles. The molecule has 3 aromatic rings. The molecule has 1 fully saturated rings. The van der Waals surface area contributed by atoms with E-state index in [9.17, 15) is 14.0 Å². The molecule has 2 N–H and O–H groups in total. The topological polar surface area (TPSA) is 89.2 Å². The number of likely N-dealkylation sites (tertiary alicyclic amines) is 1. The van der Waals surface area contributed by atoms with Crippen LogP contribution in [0.3, 0.4) is 0 Å². The number of primary amides is 1. The van der Waals surface area contributed by atoms with Crippen molar-refractivity contribution in [3.05, 3.63) is 70.9 Å². The van der Waals surface area contributed by atoms with Gasteiger partial charge >= 0.3 is 0 Å². The third-order valence-electron chi connectivity index (χ3n) is 5.42. The van der Waals surface area contributed by atoms with Crippen molar-refractivity contribution in [1.29, 1.82) is 0 Å². The molecule has 0 saturated carbocycles. The molecule has 4 rings (SSSR count). The number of nitrogens with zero attached hydrogens (tertiary/aromatic N) is 3. The van der Waals surface area contributed by atoms with Gasteiger partial charge in [-0.25, -0.2) is 4.39 Å². The highest BCUT2D eigenvalue weighted by atomic mass is 19.1. The number of aromatic nitrogens is 2. The molecule has 6 nitrogen and oxygen atoms in total. The van der Waals surface area contributed by atoms with Crippen LogP contribution in [0.2, 0.25) is 0 Å². The Morgan fingerprint density at radius 2 is 2.03 bits per heavy atom. The summed E-state index contributed by atoms with van der Waals surface area (Å²) in [5, 5.41) is 0.527. The van der Waals surface area contributed by atoms with E-state index >= 15 is 0 Å². The molecule has 1 unspecified atom stereocenters. The standard InChI is InChI=1S/C22H21FN4O2/c1-13-11-25-7-6-17(13)22(29)27-8-2-3-14(12-27)20-18(21(24)28)10-15-9-16(23)4-5-19(15)26-20/h4-7,9-11,14H,2-3,8,12H2,1H3,(H2,24,28). The molecular formula is C22H21FN4O2. The van der Waals surface area contributed by atoms with Crippen molar-refractivity contribution in [3.63, 3.8) is 0 Å². The van der Waals surface area contributed by atoms with Crippen LogP contribution in [0.4, 0.5) is 4.39 Å². The Balaban J connectivity index is 1.69. The van der Waals surface area contributed by atoms with Crippen molar-refractivity contribution in [2.45, 2.75) is 25.7 Å². The number of piperidine rings is 1. The Hall–Kier alpha value is -3.35. The van der Waals surface area contributed by atoms with Crippen molar-refractivity contribution in [1.82, 2.24) is 14.9 Å². The fourth-order valence-corrected chi connectivity index (χ4v) is 3.94. The van der Waals surface area contributed by atoms with E-state index in [1.165, 1.54) is 12.1 Å². The van der Waals surface area contributed by atoms with E-state index in [0.717, 1.165) is 18.4 Å². The number of benzene rings is 1. The zero-order valence-corrected chi connectivity index (χ0v) is 16.1. The number of rotatable bonds is 3. The van der Waals surface area contributed by atoms with Crippen molar-refractivity contribution in [2.24, 2.45) is 5.73 Å². The van der Waals surface area contributed by atoms with E-state index in [-0.39, 0.29) is 17.4 Å². The van der Waals surface area contributed by atoms with Gasteiger partial charge in [0.1, 0.15) is 5.82 Å². The number of nitrogens with two attached hydrogens (primary N) is 1. The van der Waals surface area contributed by atoms with Gasteiger partial charge in [-0.3, -0.25) is 19.6 Å². The van der Waals surface area contributed by atoms with E-state index in [2.05, 4.69) is 9.97 Å². The van der Waals surface area contributed by atoms with Gasteiger partial charge in [0.2, 0.25) is 0 Å². The minimum absolute atomic E-state index is 0.0573. The van der Waals surface area contributed by atoms with Gasteiger partial charge < -0.3 is 10.6 Å². The fraction of sp³-hybridized carbons (Fsp3) is 0.273. The SMILES string of the molecule is Cc1cnccc1C(=O)N1CCCC(c2nc3ccc(F)cc3cc2C(N)=O)C1. The van der Waals surface area contributed by atoms with Gasteiger partial charge in [0.15, 0.2) is 0 Å². The molecular weight excluding hydrogens is 371 g/mol. The predicted octanol–water partition coefficient (Wildman–Crippen LogP) is 3.20. The summed E-state index contributed by atoms with van der Waals surface area (Å²) in [4.78, 5) is 35.5. The normalized spacial score (nSPS) is 16.8. The molecule has 1 aliphatic rings. The zero-order valence-electron chi connectivity index (χ0n) is 16.1. The van der Waals surface area contributed by atoms with Gasteiger partial charge in [-0.1, -0.05) is 0 Å². The third kappa shape index (κ3) is 3.68. The van der Waals surface area contributed by atoms with Gasteiger partial charge in [0.05, 0.1) is 16.8 Å². The Kier molecular flexibility index (Phi) is 4.96. The smallest absolute Gasteiger partial charge is 0.254 e. The van der Waals surface area contributed by atoms with Crippen molar-refractivity contribution in [2.75, 3.05) is 13.1 Å². The highest BCUT2D eigenvalue weighted by Gasteiger charge is 2.29. The minimum Gasteiger partial charge on any atom is -0.366 e. The molecule has 1 saturated heterocycles. The number of carbonyl (C=O) groups excluding carboxylic acids is 2. The molecule has 0 bridgehead atoms. The summed E-state index contributed by atoms with van der Waals surface area (Å²) in [5.74, 6) is -1.18. The predicted molar refractivity (Wildman–Crippen MR) is 107 cm³/mol. The summed E-state index contributed by atoms with van der Waals surface area (Å²) < 4.78 is 13.6. The molecule has 3 heterocycles. The van der Waals surface area contributed by atoms with Crippen LogP contribution in [0.1, 0.15) is 50.7 Å². The first-order chi connectivity index (χ1) is 13.9. The minimum atomic E-state index is -0.605. The van der Waals surface area contributed by atoms with Gasteiger partial charge in [-0.2, -0.15) is 0 Å². The third-order valence-corrected chi connectivity index (χ3v) is 5.42. The van der Waals surface area contributed by atoms with E-state index in [1.54, 1.807) is 35.5 Å². The van der Waals surface area contributed by atoms with E-state index in [0.29, 0.717) is 35.2 Å². The number of fused-ring (bicyclic) bond motifs is 1. The second kappa shape index (κ2) is 7.58. The van der Waals surface area contributed by atoms with Gasteiger partial charge in [0, 0.05) is 42.4 Å². The Morgan fingerprint density at radius 1 is 1.21 bits per heavy atom. The number of pyridine rings is 2. The number of halogens is 1. The van der Waals surface area contributed by atoms with Crippen molar-refractivity contribution >= 4 is 22.7 Å². The van der Waals surface area contributed by atoms with Crippen LogP contribution in [0.15, 0.2) is 42.7 Å². The van der Waals surface area contributed by atoms with E-state index in [1.807, 2.05) is 6.92 Å². The Morgan fingerprint density at radius 3 is 2.79 bits per heavy atom. The van der Waals surface area contributed by atoms with Crippen LogP contribution < -0.4 is 5.73 Å². The number of aryl methyl sites for hydroxylation is 1. The van der Waals surface area contributed by atoms with Crippen LogP contribution >= 0.6 is 0 Å². The second-order valence-electron chi connectivity index (χ2n) is 7.40. The summed E-state index contributed by atoms with van der Waals surface area (Å²) in [7, 11) is 0. The van der Waals surface area contributed by atoms with E-state index in [4.69, 9.17) is 5.73 Å². The average molecular weight is 392 g/mol. The maximum atomic E-state index is 13.6. The fourth-order valence-electron chi connectivity index (χ4n) is 3.94. The Bertz CT molecular complexity index is 1120. The van der Waals surface area contributed by atoms with Gasteiger partial charge in [-0.05, 0) is 55.7 Å². The largest absolute Gasteiger partial charge is 0.366 e. The molecule has 1 atom stereocenters. The molecule has 0 spiro atoms. The zero-order chi connectivity index (χ0) is 20.5. The molecule has 1 aromatic carbocycles. The number of carbonyl (C=O) groups is 2. The number of hydrogen-bond acceptors (Lipinski definition) is 4. The molecule has 7 heteroatoms. The highest BCUT2D eigenvalue weighted by molar-refractivity contribution is 5.98. The monoisotopic (exact) mass is 392 g/mol. The number of amides is 2. The Labute approximate surface area is 167 Å². The summed E-state index contributed by atoms with van der Waals surface area (Å²) in [6.45, 7) is 2.94.